The van der Waals surface area contributed by atoms with Gasteiger partial charge in [0, 0.05) is 44.7 Å². The van der Waals surface area contributed by atoms with Crippen molar-refractivity contribution in [2.75, 3.05) is 39.0 Å². The molecule has 1 unspecified atom stereocenters. The maximum atomic E-state index is 12.5. The van der Waals surface area contributed by atoms with E-state index < -0.39 is 10.0 Å². The standard InChI is InChI=1S/C17H33N5O3S.HI/c1-3-18-17(19-10-6-11-20-26(2,24)25)21-15-9-12-22(13-15)16(23)14-7-4-5-8-14;/h14-15,20H,3-13H2,1-2H3,(H2,18,19,21);1H. The minimum Gasteiger partial charge on any atom is -0.357 e. The Bertz CT molecular complexity index is 593. The van der Waals surface area contributed by atoms with E-state index in [0.717, 1.165) is 51.1 Å². The number of rotatable bonds is 8. The first-order valence-corrected chi connectivity index (χ1v) is 11.6. The van der Waals surface area contributed by atoms with Gasteiger partial charge in [0.25, 0.3) is 0 Å². The molecule has 1 aliphatic carbocycles. The van der Waals surface area contributed by atoms with Crippen molar-refractivity contribution in [2.24, 2.45) is 10.9 Å². The summed E-state index contributed by atoms with van der Waals surface area (Å²) in [6.45, 7) is 5.22. The van der Waals surface area contributed by atoms with Gasteiger partial charge in [0.15, 0.2) is 5.96 Å². The molecule has 0 radical (unpaired) electrons. The summed E-state index contributed by atoms with van der Waals surface area (Å²) in [6, 6.07) is 0.215. The second-order valence-electron chi connectivity index (χ2n) is 7.18. The van der Waals surface area contributed by atoms with E-state index in [2.05, 4.69) is 20.3 Å². The third-order valence-electron chi connectivity index (χ3n) is 4.86. The summed E-state index contributed by atoms with van der Waals surface area (Å²) in [7, 11) is -3.14. The molecule has 1 amide bonds. The molecular formula is C17H34IN5O3S. The van der Waals surface area contributed by atoms with Gasteiger partial charge < -0.3 is 15.5 Å². The average Bonchev–Trinajstić information content (AvgIpc) is 3.25. The number of hydrogen-bond acceptors (Lipinski definition) is 4. The highest BCUT2D eigenvalue weighted by Crippen LogP contribution is 2.27. The highest BCUT2D eigenvalue weighted by molar-refractivity contribution is 14.0. The van der Waals surface area contributed by atoms with Crippen LogP contribution in [-0.2, 0) is 14.8 Å². The van der Waals surface area contributed by atoms with Crippen LogP contribution in [0.5, 0.6) is 0 Å². The van der Waals surface area contributed by atoms with E-state index in [4.69, 9.17) is 0 Å². The number of carbonyl (C=O) groups is 1. The van der Waals surface area contributed by atoms with Crippen LogP contribution in [0.1, 0.15) is 45.4 Å². The Kier molecular flexibility index (Phi) is 10.9. The van der Waals surface area contributed by atoms with Crippen LogP contribution < -0.4 is 15.4 Å². The van der Waals surface area contributed by atoms with E-state index in [9.17, 15) is 13.2 Å². The molecule has 0 aromatic rings. The summed E-state index contributed by atoms with van der Waals surface area (Å²) in [5, 5.41) is 6.62. The molecule has 1 atom stereocenters. The summed E-state index contributed by atoms with van der Waals surface area (Å²) in [5.74, 6) is 1.28. The monoisotopic (exact) mass is 515 g/mol. The number of likely N-dealkylation sites (tertiary alicyclic amines) is 1. The SMILES string of the molecule is CCNC(=NCCCNS(C)(=O)=O)NC1CCN(C(=O)C2CCCC2)C1.I. The molecule has 0 aromatic carbocycles. The highest BCUT2D eigenvalue weighted by atomic mass is 127. The van der Waals surface area contributed by atoms with Crippen molar-refractivity contribution in [3.63, 3.8) is 0 Å². The molecule has 1 saturated carbocycles. The lowest BCUT2D eigenvalue weighted by atomic mass is 10.1. The first kappa shape index (κ1) is 24.4. The van der Waals surface area contributed by atoms with E-state index >= 15 is 0 Å². The molecule has 2 fully saturated rings. The summed E-state index contributed by atoms with van der Waals surface area (Å²) in [6.07, 6.45) is 7.16. The van der Waals surface area contributed by atoms with Gasteiger partial charge in [-0.25, -0.2) is 13.1 Å². The van der Waals surface area contributed by atoms with Gasteiger partial charge in [-0.05, 0) is 32.6 Å². The van der Waals surface area contributed by atoms with Gasteiger partial charge in [-0.2, -0.15) is 0 Å². The molecule has 158 valence electrons. The van der Waals surface area contributed by atoms with E-state index in [1.807, 2.05) is 11.8 Å². The molecule has 2 aliphatic rings. The molecule has 8 nitrogen and oxygen atoms in total. The molecule has 0 bridgehead atoms. The molecule has 1 aliphatic heterocycles. The maximum Gasteiger partial charge on any atom is 0.225 e. The van der Waals surface area contributed by atoms with E-state index in [0.29, 0.717) is 25.4 Å². The van der Waals surface area contributed by atoms with Crippen LogP contribution in [0.2, 0.25) is 0 Å². The number of aliphatic imine (C=N–C) groups is 1. The minimum absolute atomic E-state index is 0. The second kappa shape index (κ2) is 12.1. The fourth-order valence-corrected chi connectivity index (χ4v) is 4.07. The van der Waals surface area contributed by atoms with Gasteiger partial charge in [-0.15, -0.1) is 24.0 Å². The molecule has 0 aromatic heterocycles. The molecule has 2 rings (SSSR count). The normalized spacial score (nSPS) is 21.2. The Hall–Kier alpha value is -0.620. The van der Waals surface area contributed by atoms with Gasteiger partial charge in [-0.1, -0.05) is 12.8 Å². The first-order chi connectivity index (χ1) is 12.4. The summed E-state index contributed by atoms with van der Waals surface area (Å²) in [4.78, 5) is 19.0. The van der Waals surface area contributed by atoms with Crippen LogP contribution in [0, 0.1) is 5.92 Å². The van der Waals surface area contributed by atoms with E-state index in [1.54, 1.807) is 0 Å². The lowest BCUT2D eigenvalue weighted by Crippen LogP contribution is -2.45. The molecular weight excluding hydrogens is 481 g/mol. The minimum atomic E-state index is -3.14. The van der Waals surface area contributed by atoms with Gasteiger partial charge in [0.1, 0.15) is 0 Å². The van der Waals surface area contributed by atoms with Crippen LogP contribution in [0.4, 0.5) is 0 Å². The Balaban J connectivity index is 0.00000364. The molecule has 0 spiro atoms. The summed E-state index contributed by atoms with van der Waals surface area (Å²) < 4.78 is 24.5. The molecule has 10 heteroatoms. The number of hydrogen-bond donors (Lipinski definition) is 3. The van der Waals surface area contributed by atoms with Gasteiger partial charge in [0.05, 0.1) is 6.26 Å². The fraction of sp³-hybridized carbons (Fsp3) is 0.882. The van der Waals surface area contributed by atoms with Gasteiger partial charge in [-0.3, -0.25) is 9.79 Å². The van der Waals surface area contributed by atoms with Crippen molar-refractivity contribution in [1.82, 2.24) is 20.3 Å². The van der Waals surface area contributed by atoms with Crippen molar-refractivity contribution < 1.29 is 13.2 Å². The van der Waals surface area contributed by atoms with E-state index in [-0.39, 0.29) is 35.9 Å². The Morgan fingerprint density at radius 2 is 1.93 bits per heavy atom. The number of halogens is 1. The number of sulfonamides is 1. The highest BCUT2D eigenvalue weighted by Gasteiger charge is 2.32. The van der Waals surface area contributed by atoms with Crippen molar-refractivity contribution in [3.05, 3.63) is 0 Å². The maximum absolute atomic E-state index is 12.5. The Labute approximate surface area is 180 Å². The van der Waals surface area contributed by atoms with Crippen LogP contribution in [0.15, 0.2) is 4.99 Å². The molecule has 1 saturated heterocycles. The van der Waals surface area contributed by atoms with Crippen LogP contribution in [0.3, 0.4) is 0 Å². The lowest BCUT2D eigenvalue weighted by Gasteiger charge is -2.21. The van der Waals surface area contributed by atoms with Crippen molar-refractivity contribution in [2.45, 2.75) is 51.5 Å². The predicted molar refractivity (Wildman–Crippen MR) is 119 cm³/mol. The third kappa shape index (κ3) is 8.95. The van der Waals surface area contributed by atoms with Crippen LogP contribution >= 0.6 is 24.0 Å². The average molecular weight is 515 g/mol. The topological polar surface area (TPSA) is 103 Å². The Morgan fingerprint density at radius 1 is 1.22 bits per heavy atom. The second-order valence-corrected chi connectivity index (χ2v) is 9.01. The first-order valence-electron chi connectivity index (χ1n) is 9.67. The van der Waals surface area contributed by atoms with Gasteiger partial charge >= 0.3 is 0 Å². The third-order valence-corrected chi connectivity index (χ3v) is 5.59. The van der Waals surface area contributed by atoms with E-state index in [1.165, 1.54) is 12.8 Å². The fourth-order valence-electron chi connectivity index (χ4n) is 3.55. The quantitative estimate of drug-likeness (QED) is 0.193. The zero-order valence-electron chi connectivity index (χ0n) is 16.4. The van der Waals surface area contributed by atoms with Gasteiger partial charge in [0.2, 0.25) is 15.9 Å². The largest absolute Gasteiger partial charge is 0.357 e. The van der Waals surface area contributed by atoms with Crippen molar-refractivity contribution in [3.8, 4) is 0 Å². The number of nitrogens with zero attached hydrogens (tertiary/aromatic N) is 2. The lowest BCUT2D eigenvalue weighted by molar-refractivity contribution is -0.134. The predicted octanol–water partition coefficient (Wildman–Crippen LogP) is 0.890. The summed E-state index contributed by atoms with van der Waals surface area (Å²) in [5.41, 5.74) is 0. The van der Waals surface area contributed by atoms with Crippen LogP contribution in [-0.4, -0.2) is 70.2 Å². The number of nitrogens with one attached hydrogen (secondary N) is 3. The summed E-state index contributed by atoms with van der Waals surface area (Å²) >= 11 is 0. The van der Waals surface area contributed by atoms with Crippen molar-refractivity contribution in [1.29, 1.82) is 0 Å². The smallest absolute Gasteiger partial charge is 0.225 e. The molecule has 1 heterocycles. The number of carbonyl (C=O) groups excluding carboxylic acids is 1. The zero-order valence-corrected chi connectivity index (χ0v) is 19.5. The molecule has 3 N–H and O–H groups in total. The van der Waals surface area contributed by atoms with Crippen LogP contribution in [0.25, 0.3) is 0 Å². The van der Waals surface area contributed by atoms with Crippen molar-refractivity contribution >= 4 is 45.9 Å². The molecule has 27 heavy (non-hydrogen) atoms. The Morgan fingerprint density at radius 3 is 2.56 bits per heavy atom. The number of guanidine groups is 1. The number of amides is 1. The zero-order chi connectivity index (χ0) is 19.0.